The Morgan fingerprint density at radius 3 is 1.49 bits per heavy atom. The Morgan fingerprint density at radius 2 is 1.03 bits per heavy atom. The second kappa shape index (κ2) is 25.9. The fourth-order valence-corrected chi connectivity index (χ4v) is 9.35. The van der Waals surface area contributed by atoms with E-state index in [-0.39, 0.29) is 37.8 Å². The van der Waals surface area contributed by atoms with E-state index in [0.717, 1.165) is 46.3 Å². The van der Waals surface area contributed by atoms with Crippen molar-refractivity contribution in [3.8, 4) is 0 Å². The van der Waals surface area contributed by atoms with Gasteiger partial charge in [0.15, 0.2) is 0 Å². The van der Waals surface area contributed by atoms with Crippen molar-refractivity contribution in [2.75, 3.05) is 26.2 Å². The van der Waals surface area contributed by atoms with Crippen LogP contribution in [-0.4, -0.2) is 55.0 Å². The quantitative estimate of drug-likeness (QED) is 0.116. The maximum atomic E-state index is 13.0. The van der Waals surface area contributed by atoms with Gasteiger partial charge in [0.1, 0.15) is 29.0 Å². The molecule has 0 aromatic heterocycles. The maximum Gasteiger partial charge on any atom is 0.410 e. The van der Waals surface area contributed by atoms with E-state index in [9.17, 15) is 4.79 Å². The minimum Gasteiger partial charge on any atom is -0.444 e. The molecule has 0 bridgehead atoms. The first-order valence-electron chi connectivity index (χ1n) is 22.8. The molecule has 1 amide bonds. The normalized spacial score (nSPS) is 20.2. The lowest BCUT2D eigenvalue weighted by molar-refractivity contribution is -0.191. The number of piperidine rings is 2. The highest BCUT2D eigenvalue weighted by atomic mass is 35.5. The highest BCUT2D eigenvalue weighted by Crippen LogP contribution is 2.42. The van der Waals surface area contributed by atoms with Gasteiger partial charge in [-0.05, 0) is 116 Å². The van der Waals surface area contributed by atoms with Crippen LogP contribution in [0.5, 0.6) is 0 Å². The summed E-state index contributed by atoms with van der Waals surface area (Å²) in [6.45, 7) is 9.35. The zero-order valence-corrected chi connectivity index (χ0v) is 44.5. The summed E-state index contributed by atoms with van der Waals surface area (Å²) in [5, 5.41) is 6.76. The van der Waals surface area contributed by atoms with Gasteiger partial charge in [0, 0.05) is 29.6 Å². The molecule has 6 aromatic carbocycles. The number of hydrogen-bond acceptors (Lipinski definition) is 7. The molecule has 372 valence electrons. The summed E-state index contributed by atoms with van der Waals surface area (Å²) in [5.41, 5.74) is 3.94. The molecule has 2 heterocycles. The first kappa shape index (κ1) is 55.7. The molecule has 1 N–H and O–H groups in total. The summed E-state index contributed by atoms with van der Waals surface area (Å²) in [6.07, 6.45) is 0.206. The van der Waals surface area contributed by atoms with E-state index in [1.807, 2.05) is 136 Å². The van der Waals surface area contributed by atoms with Gasteiger partial charge in [0.05, 0.1) is 53.1 Å². The lowest BCUT2D eigenvalue weighted by atomic mass is 9.81. The maximum absolute atomic E-state index is 13.0. The van der Waals surface area contributed by atoms with Crippen molar-refractivity contribution in [1.82, 2.24) is 10.2 Å². The average Bonchev–Trinajstić information content (AvgIpc) is 3.34. The number of carbonyl (C=O) groups excluding carboxylic acids is 1. The van der Waals surface area contributed by atoms with Crippen molar-refractivity contribution in [3.05, 3.63) is 209 Å². The van der Waals surface area contributed by atoms with Crippen molar-refractivity contribution < 1.29 is 28.5 Å². The lowest BCUT2D eigenvalue weighted by Gasteiger charge is -2.47. The predicted molar refractivity (Wildman–Crippen MR) is 286 cm³/mol. The van der Waals surface area contributed by atoms with E-state index in [4.69, 9.17) is 93.3 Å². The minimum absolute atomic E-state index is 0. The van der Waals surface area contributed by atoms with Crippen LogP contribution < -0.4 is 5.32 Å². The first-order chi connectivity index (χ1) is 33.1. The van der Waals surface area contributed by atoms with Crippen molar-refractivity contribution in [1.29, 1.82) is 0 Å². The molecule has 15 heteroatoms. The molecule has 0 radical (unpaired) electrons. The van der Waals surface area contributed by atoms with Crippen LogP contribution in [0, 0.1) is 0 Å². The Morgan fingerprint density at radius 1 is 0.571 bits per heavy atom. The topological polar surface area (TPSA) is 78.5 Å². The standard InChI is InChI=1S/C30H32Cl3NO4.C25H24Cl3NO2.ClH/c1-29(2,3)38-28(35)34-16-15-30(23-10-12-24(31)13-11-23,37-20-21-7-5-4-6-8-21)27(18-34)36-19-22-9-14-25(32)26(33)17-22;26-21-9-7-20(8-10-21)25(31-17-18-4-2-1-3-5-18)12-13-29-15-24(25)30-16-19-6-11-22(27)23(28)14-19;/h4-14,17,27H,15-16,18-20H2,1-3H3;1-11,14,24,29H,12-13,15-17H2;1H/t27-,30-;24-,25-;/m11./s1. The zero-order valence-electron chi connectivity index (χ0n) is 39.2. The molecule has 2 aliphatic rings. The van der Waals surface area contributed by atoms with Gasteiger partial charge in [-0.25, -0.2) is 4.79 Å². The molecule has 2 fully saturated rings. The van der Waals surface area contributed by atoms with Gasteiger partial charge >= 0.3 is 6.09 Å². The fraction of sp³-hybridized carbons (Fsp3) is 0.327. The molecule has 70 heavy (non-hydrogen) atoms. The molecule has 2 saturated heterocycles. The van der Waals surface area contributed by atoms with Gasteiger partial charge in [0.25, 0.3) is 0 Å². The molecule has 4 atom stereocenters. The third-order valence-electron chi connectivity index (χ3n) is 12.0. The van der Waals surface area contributed by atoms with Crippen LogP contribution in [0.3, 0.4) is 0 Å². The SMILES string of the molecule is CC(C)(C)OC(=O)N1CC[C@@](OCc2ccccc2)(c2ccc(Cl)cc2)[C@H](OCc2ccc(Cl)c(Cl)c2)C1.Cl.Clc1ccc([C@]2(OCc3ccccc3)CCNC[C@H]2OCc2ccc(Cl)c(Cl)c2)cc1. The van der Waals surface area contributed by atoms with E-state index < -0.39 is 22.9 Å². The molecule has 8 nitrogen and oxygen atoms in total. The van der Waals surface area contributed by atoms with Crippen LogP contribution in [0.1, 0.15) is 67.0 Å². The monoisotopic (exact) mass is 1090 g/mol. The van der Waals surface area contributed by atoms with Gasteiger partial charge in [-0.2, -0.15) is 0 Å². The van der Waals surface area contributed by atoms with Crippen LogP contribution in [0.4, 0.5) is 4.79 Å². The molecule has 6 aromatic rings. The second-order valence-corrected chi connectivity index (χ2v) is 20.6. The Labute approximate surface area is 448 Å². The fourth-order valence-electron chi connectivity index (χ4n) is 8.45. The lowest BCUT2D eigenvalue weighted by Crippen LogP contribution is -2.57. The van der Waals surface area contributed by atoms with E-state index >= 15 is 0 Å². The number of nitrogens with one attached hydrogen (secondary N) is 1. The van der Waals surface area contributed by atoms with E-state index in [2.05, 4.69) is 17.4 Å². The van der Waals surface area contributed by atoms with Crippen molar-refractivity contribution in [3.63, 3.8) is 0 Å². The van der Waals surface area contributed by atoms with E-state index in [1.54, 1.807) is 23.1 Å². The number of nitrogens with zero attached hydrogens (tertiary/aromatic N) is 1. The number of amides is 1. The third-order valence-corrected chi connectivity index (χ3v) is 14.0. The molecular weight excluding hydrogens is 1030 g/mol. The Hall–Kier alpha value is -3.58. The van der Waals surface area contributed by atoms with Crippen LogP contribution in [0.25, 0.3) is 0 Å². The molecule has 0 unspecified atom stereocenters. The number of rotatable bonds is 14. The number of hydrogen-bond donors (Lipinski definition) is 1. The van der Waals surface area contributed by atoms with Crippen molar-refractivity contribution in [2.24, 2.45) is 0 Å². The summed E-state index contributed by atoms with van der Waals surface area (Å²) in [5.74, 6) is 0. The van der Waals surface area contributed by atoms with Gasteiger partial charge in [-0.3, -0.25) is 0 Å². The molecule has 8 rings (SSSR count). The number of halogens is 7. The zero-order chi connectivity index (χ0) is 49.0. The van der Waals surface area contributed by atoms with Crippen LogP contribution >= 0.6 is 82.0 Å². The van der Waals surface area contributed by atoms with Crippen molar-refractivity contribution in [2.45, 2.75) is 89.1 Å². The highest BCUT2D eigenvalue weighted by Gasteiger charge is 2.49. The Balaban J connectivity index is 0.000000231. The molecule has 2 aliphatic heterocycles. The summed E-state index contributed by atoms with van der Waals surface area (Å²) in [7, 11) is 0. The number of likely N-dealkylation sites (tertiary alicyclic amines) is 1. The van der Waals surface area contributed by atoms with Gasteiger partial charge < -0.3 is 33.9 Å². The summed E-state index contributed by atoms with van der Waals surface area (Å²) < 4.78 is 32.1. The van der Waals surface area contributed by atoms with Crippen LogP contribution in [-0.2, 0) is 61.3 Å². The van der Waals surface area contributed by atoms with Crippen molar-refractivity contribution >= 4 is 88.1 Å². The minimum atomic E-state index is -0.838. The highest BCUT2D eigenvalue weighted by molar-refractivity contribution is 6.42. The van der Waals surface area contributed by atoms with E-state index in [0.29, 0.717) is 69.5 Å². The van der Waals surface area contributed by atoms with E-state index in [1.165, 1.54) is 0 Å². The molecular formula is C55H57Cl7N2O6. The average molecular weight is 1090 g/mol. The van der Waals surface area contributed by atoms with Crippen LogP contribution in [0.2, 0.25) is 30.1 Å². The third kappa shape index (κ3) is 15.0. The summed E-state index contributed by atoms with van der Waals surface area (Å²) in [4.78, 5) is 14.7. The number of carbonyl (C=O) groups is 1. The second-order valence-electron chi connectivity index (χ2n) is 18.1. The molecule has 0 saturated carbocycles. The molecule has 0 aliphatic carbocycles. The van der Waals surface area contributed by atoms with Crippen LogP contribution in [0.15, 0.2) is 146 Å². The number of benzene rings is 6. The predicted octanol–water partition coefficient (Wildman–Crippen LogP) is 15.3. The molecule has 0 spiro atoms. The Bertz CT molecular complexity index is 2590. The number of ether oxygens (including phenoxy) is 5. The Kier molecular flexibility index (Phi) is 20.6. The van der Waals surface area contributed by atoms with Gasteiger partial charge in [-0.1, -0.05) is 167 Å². The first-order valence-corrected chi connectivity index (χ1v) is 25.1. The largest absolute Gasteiger partial charge is 0.444 e. The smallest absolute Gasteiger partial charge is 0.410 e. The summed E-state index contributed by atoms with van der Waals surface area (Å²) >= 11 is 37.0. The van der Waals surface area contributed by atoms with Gasteiger partial charge in [0.2, 0.25) is 0 Å². The summed E-state index contributed by atoms with van der Waals surface area (Å²) in [6, 6.07) is 46.7. The van der Waals surface area contributed by atoms with Gasteiger partial charge in [-0.15, -0.1) is 12.4 Å².